The molecule has 0 spiro atoms. The normalized spacial score (nSPS) is 9.88. The summed E-state index contributed by atoms with van der Waals surface area (Å²) in [6, 6.07) is 8.98. The molecule has 0 aliphatic carbocycles. The summed E-state index contributed by atoms with van der Waals surface area (Å²) in [5, 5.41) is 0. The molecular weight excluding hydrogens is 328 g/mol. The van der Waals surface area contributed by atoms with Gasteiger partial charge in [-0.1, -0.05) is 0 Å². The van der Waals surface area contributed by atoms with E-state index in [1.807, 2.05) is 0 Å². The van der Waals surface area contributed by atoms with Gasteiger partial charge in [-0.25, -0.2) is 4.79 Å². The lowest BCUT2D eigenvalue weighted by Gasteiger charge is -2.14. The SMILES string of the molecule is COC(=O)c1ccc(Oc2cc(C=O)cc(OC)c2OC(C)=O)cc1. The first-order chi connectivity index (χ1) is 12.0. The molecule has 0 radical (unpaired) electrons. The molecule has 0 saturated heterocycles. The van der Waals surface area contributed by atoms with Crippen LogP contribution < -0.4 is 14.2 Å². The third-order valence-corrected chi connectivity index (χ3v) is 3.15. The van der Waals surface area contributed by atoms with Gasteiger partial charge in [0, 0.05) is 12.5 Å². The molecule has 0 aliphatic heterocycles. The molecule has 7 heteroatoms. The van der Waals surface area contributed by atoms with E-state index in [9.17, 15) is 14.4 Å². The van der Waals surface area contributed by atoms with E-state index in [4.69, 9.17) is 14.2 Å². The topological polar surface area (TPSA) is 88.1 Å². The highest BCUT2D eigenvalue weighted by atomic mass is 16.6. The van der Waals surface area contributed by atoms with E-state index in [-0.39, 0.29) is 22.8 Å². The number of rotatable bonds is 6. The summed E-state index contributed by atoms with van der Waals surface area (Å²) in [6.45, 7) is 1.24. The van der Waals surface area contributed by atoms with Crippen LogP contribution in [0.15, 0.2) is 36.4 Å². The van der Waals surface area contributed by atoms with Gasteiger partial charge < -0.3 is 18.9 Å². The van der Waals surface area contributed by atoms with Crippen molar-refractivity contribution in [1.82, 2.24) is 0 Å². The van der Waals surface area contributed by atoms with Gasteiger partial charge in [0.25, 0.3) is 0 Å². The van der Waals surface area contributed by atoms with Crippen LogP contribution in [0.4, 0.5) is 0 Å². The molecule has 0 N–H and O–H groups in total. The van der Waals surface area contributed by atoms with Crippen LogP contribution in [0, 0.1) is 0 Å². The number of ether oxygens (including phenoxy) is 4. The van der Waals surface area contributed by atoms with Crippen LogP contribution in [0.5, 0.6) is 23.0 Å². The van der Waals surface area contributed by atoms with E-state index < -0.39 is 11.9 Å². The van der Waals surface area contributed by atoms with Crippen molar-refractivity contribution in [2.45, 2.75) is 6.92 Å². The minimum atomic E-state index is -0.567. The molecule has 0 fully saturated rings. The van der Waals surface area contributed by atoms with Gasteiger partial charge in [0.15, 0.2) is 11.5 Å². The van der Waals surface area contributed by atoms with E-state index in [0.717, 1.165) is 0 Å². The van der Waals surface area contributed by atoms with E-state index in [1.165, 1.54) is 45.4 Å². The molecule has 0 aliphatic rings. The third kappa shape index (κ3) is 4.35. The summed E-state index contributed by atoms with van der Waals surface area (Å²) in [6.07, 6.45) is 0.618. The second-order valence-corrected chi connectivity index (χ2v) is 4.88. The number of benzene rings is 2. The van der Waals surface area contributed by atoms with Gasteiger partial charge in [0.2, 0.25) is 5.75 Å². The van der Waals surface area contributed by atoms with Gasteiger partial charge in [0.05, 0.1) is 19.8 Å². The number of methoxy groups -OCH3 is 2. The lowest BCUT2D eigenvalue weighted by atomic mass is 10.2. The zero-order valence-electron chi connectivity index (χ0n) is 13.9. The van der Waals surface area contributed by atoms with Gasteiger partial charge in [-0.15, -0.1) is 0 Å². The molecule has 7 nitrogen and oxygen atoms in total. The van der Waals surface area contributed by atoms with Gasteiger partial charge >= 0.3 is 11.9 Å². The predicted octanol–water partition coefficient (Wildman–Crippen LogP) is 3.01. The molecule has 0 amide bonds. The van der Waals surface area contributed by atoms with Crippen LogP contribution in [0.3, 0.4) is 0 Å². The van der Waals surface area contributed by atoms with Crippen molar-refractivity contribution < 1.29 is 33.3 Å². The zero-order chi connectivity index (χ0) is 18.4. The summed E-state index contributed by atoms with van der Waals surface area (Å²) in [4.78, 5) is 33.9. The smallest absolute Gasteiger partial charge is 0.337 e. The van der Waals surface area contributed by atoms with Crippen LogP contribution in [0.25, 0.3) is 0 Å². The average Bonchev–Trinajstić information content (AvgIpc) is 2.62. The number of hydrogen-bond donors (Lipinski definition) is 0. The fourth-order valence-corrected chi connectivity index (χ4v) is 2.04. The lowest BCUT2D eigenvalue weighted by molar-refractivity contribution is -0.132. The largest absolute Gasteiger partial charge is 0.493 e. The Labute approximate surface area is 144 Å². The van der Waals surface area contributed by atoms with Crippen LogP contribution in [0.2, 0.25) is 0 Å². The Morgan fingerprint density at radius 2 is 1.64 bits per heavy atom. The first-order valence-electron chi connectivity index (χ1n) is 7.20. The van der Waals surface area contributed by atoms with E-state index >= 15 is 0 Å². The van der Waals surface area contributed by atoms with Gasteiger partial charge in [-0.05, 0) is 36.4 Å². The van der Waals surface area contributed by atoms with Crippen molar-refractivity contribution in [3.63, 3.8) is 0 Å². The maximum absolute atomic E-state index is 11.4. The molecule has 2 aromatic rings. The Bertz CT molecular complexity index is 794. The number of aldehydes is 1. The molecule has 2 rings (SSSR count). The Balaban J connectivity index is 2.41. The summed E-state index contributed by atoms with van der Waals surface area (Å²) < 4.78 is 20.6. The van der Waals surface area contributed by atoms with Crippen molar-refractivity contribution in [3.8, 4) is 23.0 Å². The molecule has 25 heavy (non-hydrogen) atoms. The lowest BCUT2D eigenvalue weighted by Crippen LogP contribution is -2.05. The average molecular weight is 344 g/mol. The fourth-order valence-electron chi connectivity index (χ4n) is 2.04. The molecule has 0 saturated carbocycles. The number of hydrogen-bond acceptors (Lipinski definition) is 7. The third-order valence-electron chi connectivity index (χ3n) is 3.15. The van der Waals surface area contributed by atoms with Crippen molar-refractivity contribution >= 4 is 18.2 Å². The summed E-state index contributed by atoms with van der Waals surface area (Å²) in [7, 11) is 2.67. The highest BCUT2D eigenvalue weighted by Crippen LogP contribution is 2.40. The highest BCUT2D eigenvalue weighted by Gasteiger charge is 2.17. The van der Waals surface area contributed by atoms with Gasteiger partial charge in [-0.2, -0.15) is 0 Å². The summed E-state index contributed by atoms with van der Waals surface area (Å²) in [5.41, 5.74) is 0.642. The summed E-state index contributed by atoms with van der Waals surface area (Å²) in [5.74, 6) is -0.313. The molecule has 2 aromatic carbocycles. The minimum Gasteiger partial charge on any atom is -0.493 e. The second kappa shape index (κ2) is 7.96. The maximum atomic E-state index is 11.4. The van der Waals surface area contributed by atoms with Crippen LogP contribution >= 0.6 is 0 Å². The molecule has 0 atom stereocenters. The van der Waals surface area contributed by atoms with E-state index in [0.29, 0.717) is 17.6 Å². The Morgan fingerprint density at radius 3 is 2.16 bits per heavy atom. The minimum absolute atomic E-state index is 0.0534. The number of carbonyl (C=O) groups excluding carboxylic acids is 3. The molecule has 0 bridgehead atoms. The maximum Gasteiger partial charge on any atom is 0.337 e. The van der Waals surface area contributed by atoms with E-state index in [2.05, 4.69) is 4.74 Å². The first-order valence-corrected chi connectivity index (χ1v) is 7.20. The van der Waals surface area contributed by atoms with Crippen LogP contribution in [0.1, 0.15) is 27.6 Å². The fraction of sp³-hybridized carbons (Fsp3) is 0.167. The van der Waals surface area contributed by atoms with E-state index in [1.54, 1.807) is 12.1 Å². The predicted molar refractivity (Wildman–Crippen MR) is 87.5 cm³/mol. The summed E-state index contributed by atoms with van der Waals surface area (Å²) >= 11 is 0. The Kier molecular flexibility index (Phi) is 5.73. The molecule has 0 aromatic heterocycles. The molecule has 0 heterocycles. The first kappa shape index (κ1) is 18.0. The monoisotopic (exact) mass is 344 g/mol. The zero-order valence-corrected chi connectivity index (χ0v) is 13.9. The number of esters is 2. The highest BCUT2D eigenvalue weighted by molar-refractivity contribution is 5.89. The molecule has 0 unspecified atom stereocenters. The Hall–Kier alpha value is -3.35. The van der Waals surface area contributed by atoms with Crippen LogP contribution in [-0.4, -0.2) is 32.4 Å². The molecule has 130 valence electrons. The van der Waals surface area contributed by atoms with Crippen molar-refractivity contribution in [2.75, 3.05) is 14.2 Å². The molecular formula is C18H16O7. The van der Waals surface area contributed by atoms with Crippen molar-refractivity contribution in [2.24, 2.45) is 0 Å². The second-order valence-electron chi connectivity index (χ2n) is 4.88. The number of carbonyl (C=O) groups is 3. The van der Waals surface area contributed by atoms with Crippen molar-refractivity contribution in [3.05, 3.63) is 47.5 Å². The van der Waals surface area contributed by atoms with Crippen LogP contribution in [-0.2, 0) is 9.53 Å². The van der Waals surface area contributed by atoms with Gasteiger partial charge in [0.1, 0.15) is 12.0 Å². The Morgan fingerprint density at radius 1 is 1.00 bits per heavy atom. The quantitative estimate of drug-likeness (QED) is 0.452. The standard InChI is InChI=1S/C18H16O7/c1-11(20)24-17-15(22-2)8-12(10-19)9-16(17)25-14-6-4-13(5-7-14)18(21)23-3/h4-10H,1-3H3. The van der Waals surface area contributed by atoms with Crippen molar-refractivity contribution in [1.29, 1.82) is 0 Å². The van der Waals surface area contributed by atoms with Gasteiger partial charge in [-0.3, -0.25) is 9.59 Å².